The average Bonchev–Trinajstić information content (AvgIpc) is 2.63. The van der Waals surface area contributed by atoms with Crippen LogP contribution in [-0.4, -0.2) is 31.6 Å². The van der Waals surface area contributed by atoms with Gasteiger partial charge in [-0.1, -0.05) is 61.9 Å². The maximum Gasteiger partial charge on any atom is 0.319 e. The number of para-hydroxylation sites is 1. The molecule has 0 heterocycles. The number of rotatable bonds is 7. The van der Waals surface area contributed by atoms with Gasteiger partial charge in [-0.3, -0.25) is 0 Å². The first-order valence-corrected chi connectivity index (χ1v) is 9.34. The number of nitrogens with one attached hydrogen (secondary N) is 2. The number of amides is 2. The fourth-order valence-electron chi connectivity index (χ4n) is 3.14. The summed E-state index contributed by atoms with van der Waals surface area (Å²) in [5.74, 6) is 0. The topological polar surface area (TPSA) is 44.4 Å². The molecule has 140 valence electrons. The quantitative estimate of drug-likeness (QED) is 0.767. The lowest BCUT2D eigenvalue weighted by molar-refractivity contribution is 0.243. The van der Waals surface area contributed by atoms with Gasteiger partial charge in [-0.25, -0.2) is 4.79 Å². The highest BCUT2D eigenvalue weighted by atomic mass is 16.2. The van der Waals surface area contributed by atoms with Gasteiger partial charge < -0.3 is 15.5 Å². The number of carbonyl (C=O) groups excluding carboxylic acids is 1. The van der Waals surface area contributed by atoms with E-state index in [-0.39, 0.29) is 12.1 Å². The van der Waals surface area contributed by atoms with Gasteiger partial charge >= 0.3 is 6.03 Å². The van der Waals surface area contributed by atoms with E-state index in [1.165, 1.54) is 22.3 Å². The van der Waals surface area contributed by atoms with E-state index in [1.54, 1.807) is 0 Å². The van der Waals surface area contributed by atoms with E-state index in [0.717, 1.165) is 18.5 Å². The van der Waals surface area contributed by atoms with Gasteiger partial charge in [-0.05, 0) is 50.6 Å². The fraction of sp³-hybridized carbons (Fsp3) is 0.409. The van der Waals surface area contributed by atoms with E-state index < -0.39 is 0 Å². The molecule has 0 saturated heterocycles. The molecule has 2 aromatic carbocycles. The second-order valence-electron chi connectivity index (χ2n) is 6.88. The summed E-state index contributed by atoms with van der Waals surface area (Å²) in [5.41, 5.74) is 5.72. The van der Waals surface area contributed by atoms with Crippen LogP contribution in [0.3, 0.4) is 0 Å². The standard InChI is InChI=1S/C22H31N3O/c1-6-17-9-8-10-18(7-2)21(17)24-22(26)23-15-20(25(4)5)19-13-11-16(3)12-14-19/h8-14,20H,6-7,15H2,1-5H3,(H2,23,24,26). The highest BCUT2D eigenvalue weighted by Crippen LogP contribution is 2.23. The Bertz CT molecular complexity index is 700. The SMILES string of the molecule is CCc1cccc(CC)c1NC(=O)NCC(c1ccc(C)cc1)N(C)C. The zero-order valence-electron chi connectivity index (χ0n) is 16.6. The second-order valence-corrected chi connectivity index (χ2v) is 6.88. The summed E-state index contributed by atoms with van der Waals surface area (Å²) in [7, 11) is 4.07. The molecule has 0 bridgehead atoms. The van der Waals surface area contributed by atoms with Gasteiger partial charge in [-0.2, -0.15) is 0 Å². The number of hydrogen-bond donors (Lipinski definition) is 2. The summed E-state index contributed by atoms with van der Waals surface area (Å²) in [6.07, 6.45) is 1.79. The maximum absolute atomic E-state index is 12.5. The number of anilines is 1. The third-order valence-electron chi connectivity index (χ3n) is 4.78. The van der Waals surface area contributed by atoms with Crippen LogP contribution in [0.1, 0.15) is 42.1 Å². The second kappa shape index (κ2) is 9.39. The third-order valence-corrected chi connectivity index (χ3v) is 4.78. The predicted molar refractivity (Wildman–Crippen MR) is 110 cm³/mol. The van der Waals surface area contributed by atoms with Crippen molar-refractivity contribution in [3.8, 4) is 0 Å². The smallest absolute Gasteiger partial charge is 0.319 e. The summed E-state index contributed by atoms with van der Waals surface area (Å²) in [5, 5.41) is 6.10. The van der Waals surface area contributed by atoms with Crippen molar-refractivity contribution < 1.29 is 4.79 Å². The van der Waals surface area contributed by atoms with Gasteiger partial charge in [0.05, 0.1) is 6.04 Å². The van der Waals surface area contributed by atoms with E-state index in [1.807, 2.05) is 14.1 Å². The molecule has 1 atom stereocenters. The van der Waals surface area contributed by atoms with Crippen molar-refractivity contribution in [3.63, 3.8) is 0 Å². The minimum Gasteiger partial charge on any atom is -0.336 e. The van der Waals surface area contributed by atoms with Crippen molar-refractivity contribution in [2.75, 3.05) is 26.0 Å². The summed E-state index contributed by atoms with van der Waals surface area (Å²) in [4.78, 5) is 14.6. The van der Waals surface area contributed by atoms with Gasteiger partial charge in [0.15, 0.2) is 0 Å². The number of hydrogen-bond acceptors (Lipinski definition) is 2. The van der Waals surface area contributed by atoms with Crippen LogP contribution < -0.4 is 10.6 Å². The number of aryl methyl sites for hydroxylation is 3. The molecule has 4 heteroatoms. The van der Waals surface area contributed by atoms with Crippen LogP contribution >= 0.6 is 0 Å². The lowest BCUT2D eigenvalue weighted by Gasteiger charge is -2.25. The molecule has 0 aromatic heterocycles. The van der Waals surface area contributed by atoms with Crippen LogP contribution in [-0.2, 0) is 12.8 Å². The number of urea groups is 1. The van der Waals surface area contributed by atoms with Crippen molar-refractivity contribution in [2.24, 2.45) is 0 Å². The Morgan fingerprint density at radius 1 is 1.00 bits per heavy atom. The van der Waals surface area contributed by atoms with Gasteiger partial charge in [0, 0.05) is 12.2 Å². The van der Waals surface area contributed by atoms with Crippen LogP contribution in [0.4, 0.5) is 10.5 Å². The van der Waals surface area contributed by atoms with E-state index in [2.05, 4.69) is 78.8 Å². The van der Waals surface area contributed by atoms with Crippen LogP contribution in [0.15, 0.2) is 42.5 Å². The normalized spacial score (nSPS) is 12.1. The Labute approximate surface area is 157 Å². The molecule has 1 unspecified atom stereocenters. The monoisotopic (exact) mass is 353 g/mol. The number of nitrogens with zero attached hydrogens (tertiary/aromatic N) is 1. The van der Waals surface area contributed by atoms with Crippen LogP contribution in [0.2, 0.25) is 0 Å². The Kier molecular flexibility index (Phi) is 7.22. The number of benzene rings is 2. The van der Waals surface area contributed by atoms with E-state index in [9.17, 15) is 4.79 Å². The molecule has 2 aromatic rings. The van der Waals surface area contributed by atoms with Crippen molar-refractivity contribution in [1.29, 1.82) is 0 Å². The molecule has 2 N–H and O–H groups in total. The molecule has 2 amide bonds. The van der Waals surface area contributed by atoms with Gasteiger partial charge in [-0.15, -0.1) is 0 Å². The van der Waals surface area contributed by atoms with Gasteiger partial charge in [0.2, 0.25) is 0 Å². The van der Waals surface area contributed by atoms with Crippen molar-refractivity contribution >= 4 is 11.7 Å². The van der Waals surface area contributed by atoms with E-state index >= 15 is 0 Å². The summed E-state index contributed by atoms with van der Waals surface area (Å²) >= 11 is 0. The highest BCUT2D eigenvalue weighted by molar-refractivity contribution is 5.91. The van der Waals surface area contributed by atoms with Crippen LogP contribution in [0.25, 0.3) is 0 Å². The molecule has 2 rings (SSSR count). The number of carbonyl (C=O) groups is 1. The zero-order valence-corrected chi connectivity index (χ0v) is 16.6. The predicted octanol–water partition coefficient (Wildman–Crippen LogP) is 4.54. The molecule has 0 fully saturated rings. The molecule has 0 aliphatic heterocycles. The van der Waals surface area contributed by atoms with E-state index in [0.29, 0.717) is 6.54 Å². The Morgan fingerprint density at radius 2 is 1.58 bits per heavy atom. The fourth-order valence-corrected chi connectivity index (χ4v) is 3.14. The molecule has 0 aliphatic rings. The number of likely N-dealkylation sites (N-methyl/N-ethyl adjacent to an activating group) is 1. The lowest BCUT2D eigenvalue weighted by atomic mass is 10.0. The Hall–Kier alpha value is -2.33. The highest BCUT2D eigenvalue weighted by Gasteiger charge is 2.16. The first-order valence-electron chi connectivity index (χ1n) is 9.34. The average molecular weight is 354 g/mol. The first-order chi connectivity index (χ1) is 12.5. The molecule has 0 spiro atoms. The first kappa shape index (κ1) is 20.0. The largest absolute Gasteiger partial charge is 0.336 e. The van der Waals surface area contributed by atoms with Gasteiger partial charge in [0.1, 0.15) is 0 Å². The van der Waals surface area contributed by atoms with Crippen LogP contribution in [0.5, 0.6) is 0 Å². The lowest BCUT2D eigenvalue weighted by Crippen LogP contribution is -2.37. The minimum atomic E-state index is -0.153. The molecular weight excluding hydrogens is 322 g/mol. The zero-order chi connectivity index (χ0) is 19.1. The molecule has 4 nitrogen and oxygen atoms in total. The van der Waals surface area contributed by atoms with Crippen molar-refractivity contribution in [1.82, 2.24) is 10.2 Å². The Morgan fingerprint density at radius 3 is 2.08 bits per heavy atom. The van der Waals surface area contributed by atoms with Crippen molar-refractivity contribution in [2.45, 2.75) is 39.7 Å². The van der Waals surface area contributed by atoms with Crippen LogP contribution in [0, 0.1) is 6.92 Å². The molecule has 26 heavy (non-hydrogen) atoms. The summed E-state index contributed by atoms with van der Waals surface area (Å²) < 4.78 is 0. The minimum absolute atomic E-state index is 0.133. The Balaban J connectivity index is 2.06. The summed E-state index contributed by atoms with van der Waals surface area (Å²) in [6.45, 7) is 6.85. The molecule has 0 aliphatic carbocycles. The molecule has 0 saturated carbocycles. The maximum atomic E-state index is 12.5. The van der Waals surface area contributed by atoms with Gasteiger partial charge in [0.25, 0.3) is 0 Å². The third kappa shape index (κ3) is 5.09. The van der Waals surface area contributed by atoms with E-state index in [4.69, 9.17) is 0 Å². The van der Waals surface area contributed by atoms with Crippen molar-refractivity contribution in [3.05, 3.63) is 64.7 Å². The summed E-state index contributed by atoms with van der Waals surface area (Å²) in [6, 6.07) is 14.7. The molecule has 0 radical (unpaired) electrons. The molecular formula is C22H31N3O.